The number of hydrogen-bond donors (Lipinski definition) is 1. The van der Waals surface area contributed by atoms with Gasteiger partial charge in [-0.2, -0.15) is 10.4 Å². The van der Waals surface area contributed by atoms with Gasteiger partial charge in [-0.3, -0.25) is 15.5 Å². The van der Waals surface area contributed by atoms with Gasteiger partial charge in [0.2, 0.25) is 0 Å². The van der Waals surface area contributed by atoms with E-state index in [-0.39, 0.29) is 11.4 Å². The third-order valence-corrected chi connectivity index (χ3v) is 4.68. The first kappa shape index (κ1) is 17.7. The summed E-state index contributed by atoms with van der Waals surface area (Å²) < 4.78 is 0.939. The van der Waals surface area contributed by atoms with Crippen LogP contribution >= 0.6 is 27.3 Å². The van der Waals surface area contributed by atoms with E-state index in [0.29, 0.717) is 16.3 Å². The van der Waals surface area contributed by atoms with Crippen LogP contribution in [0.4, 0.5) is 11.4 Å². The second kappa shape index (κ2) is 7.86. The van der Waals surface area contributed by atoms with Crippen LogP contribution in [0.1, 0.15) is 5.01 Å². The van der Waals surface area contributed by atoms with Crippen molar-refractivity contribution in [3.63, 3.8) is 0 Å². The summed E-state index contributed by atoms with van der Waals surface area (Å²) in [6.07, 6.45) is 0. The smallest absolute Gasteiger partial charge is 0.270 e. The van der Waals surface area contributed by atoms with Crippen LogP contribution in [0.5, 0.6) is 0 Å². The molecule has 0 saturated heterocycles. The van der Waals surface area contributed by atoms with Crippen molar-refractivity contribution < 1.29 is 4.92 Å². The predicted molar refractivity (Wildman–Crippen MR) is 104 cm³/mol. The van der Waals surface area contributed by atoms with Crippen LogP contribution in [0, 0.1) is 21.4 Å². The molecule has 0 atom stereocenters. The van der Waals surface area contributed by atoms with Gasteiger partial charge in [-0.25, -0.2) is 4.98 Å². The average molecular weight is 428 g/mol. The van der Waals surface area contributed by atoms with Gasteiger partial charge in [-0.05, 0) is 24.3 Å². The van der Waals surface area contributed by atoms with E-state index in [9.17, 15) is 15.4 Å². The van der Waals surface area contributed by atoms with Gasteiger partial charge in [0, 0.05) is 27.5 Å². The van der Waals surface area contributed by atoms with Crippen molar-refractivity contribution in [2.45, 2.75) is 0 Å². The van der Waals surface area contributed by atoms with Gasteiger partial charge in [0.1, 0.15) is 6.07 Å². The number of nitro benzene ring substituents is 1. The maximum Gasteiger partial charge on any atom is 0.270 e. The zero-order chi connectivity index (χ0) is 18.5. The Morgan fingerprint density at radius 1 is 1.31 bits per heavy atom. The minimum atomic E-state index is -0.457. The number of benzene rings is 2. The number of nitro groups is 1. The summed E-state index contributed by atoms with van der Waals surface area (Å²) >= 11 is 4.60. The number of halogens is 1. The van der Waals surface area contributed by atoms with Crippen molar-refractivity contribution in [1.82, 2.24) is 4.98 Å². The average Bonchev–Trinajstić information content (AvgIpc) is 3.14. The molecule has 0 amide bonds. The maximum atomic E-state index is 10.9. The molecule has 0 aliphatic rings. The molecule has 3 rings (SSSR count). The Bertz CT molecular complexity index is 1020. The highest BCUT2D eigenvalue weighted by molar-refractivity contribution is 9.10. The molecule has 0 unspecified atom stereocenters. The molecule has 0 fully saturated rings. The quantitative estimate of drug-likeness (QED) is 0.356. The van der Waals surface area contributed by atoms with Gasteiger partial charge >= 0.3 is 0 Å². The first-order chi connectivity index (χ1) is 12.6. The van der Waals surface area contributed by atoms with Gasteiger partial charge in [-0.15, -0.1) is 11.3 Å². The van der Waals surface area contributed by atoms with E-state index in [4.69, 9.17) is 0 Å². The van der Waals surface area contributed by atoms with Crippen LogP contribution in [0.3, 0.4) is 0 Å². The molecule has 1 N–H and O–H groups in total. The Hall–Kier alpha value is -3.09. The Morgan fingerprint density at radius 2 is 2.08 bits per heavy atom. The Morgan fingerprint density at radius 3 is 2.77 bits per heavy atom. The first-order valence-electron chi connectivity index (χ1n) is 7.27. The van der Waals surface area contributed by atoms with E-state index in [0.717, 1.165) is 10.2 Å². The molecule has 128 valence electrons. The fourth-order valence-electron chi connectivity index (χ4n) is 2.06. The topological polar surface area (TPSA) is 104 Å². The first-order valence-corrected chi connectivity index (χ1v) is 8.94. The lowest BCUT2D eigenvalue weighted by atomic mass is 10.1. The molecule has 1 heterocycles. The molecule has 2 aromatic carbocycles. The van der Waals surface area contributed by atoms with E-state index >= 15 is 0 Å². The molecule has 0 radical (unpaired) electrons. The largest absolute Gasteiger partial charge is 0.277 e. The molecule has 0 saturated carbocycles. The molecule has 1 aromatic heterocycles. The lowest BCUT2D eigenvalue weighted by molar-refractivity contribution is -0.384. The van der Waals surface area contributed by atoms with Crippen molar-refractivity contribution in [3.05, 3.63) is 73.5 Å². The van der Waals surface area contributed by atoms with Crippen LogP contribution in [0.2, 0.25) is 0 Å². The molecular formula is C17H10BrN5O2S. The van der Waals surface area contributed by atoms with Gasteiger partial charge < -0.3 is 0 Å². The maximum absolute atomic E-state index is 10.9. The number of thiazole rings is 1. The van der Waals surface area contributed by atoms with Gasteiger partial charge in [0.15, 0.2) is 10.7 Å². The van der Waals surface area contributed by atoms with Crippen LogP contribution in [-0.2, 0) is 0 Å². The van der Waals surface area contributed by atoms with E-state index in [1.807, 2.05) is 30.3 Å². The Kier molecular flexibility index (Phi) is 5.36. The number of hydrazone groups is 1. The second-order valence-corrected chi connectivity index (χ2v) is 6.81. The number of anilines is 1. The molecule has 9 heteroatoms. The monoisotopic (exact) mass is 427 g/mol. The fraction of sp³-hybridized carbons (Fsp3) is 0. The van der Waals surface area contributed by atoms with Gasteiger partial charge in [-0.1, -0.05) is 28.1 Å². The zero-order valence-corrected chi connectivity index (χ0v) is 15.5. The number of rotatable bonds is 5. The number of non-ortho nitro benzene ring substituents is 1. The van der Waals surface area contributed by atoms with E-state index in [1.54, 1.807) is 17.5 Å². The molecule has 3 aromatic rings. The summed E-state index contributed by atoms with van der Waals surface area (Å²) in [6.45, 7) is 0. The summed E-state index contributed by atoms with van der Waals surface area (Å²) in [6, 6.07) is 15.6. The zero-order valence-electron chi connectivity index (χ0n) is 13.1. The van der Waals surface area contributed by atoms with Gasteiger partial charge in [0.25, 0.3) is 5.69 Å². The lowest BCUT2D eigenvalue weighted by Crippen LogP contribution is -2.01. The molecule has 0 bridgehead atoms. The van der Waals surface area contributed by atoms with Crippen molar-refractivity contribution in [1.29, 1.82) is 5.26 Å². The third-order valence-electron chi connectivity index (χ3n) is 3.31. The molecular weight excluding hydrogens is 418 g/mol. The van der Waals surface area contributed by atoms with Gasteiger partial charge in [0.05, 0.1) is 16.3 Å². The Balaban J connectivity index is 1.84. The third kappa shape index (κ3) is 4.11. The van der Waals surface area contributed by atoms with Crippen molar-refractivity contribution in [2.24, 2.45) is 5.10 Å². The molecule has 0 aliphatic heterocycles. The van der Waals surface area contributed by atoms with Crippen molar-refractivity contribution in [2.75, 3.05) is 5.43 Å². The molecule has 0 spiro atoms. The molecule has 7 nitrogen and oxygen atoms in total. The van der Waals surface area contributed by atoms with Crippen molar-refractivity contribution >= 4 is 44.4 Å². The van der Waals surface area contributed by atoms with E-state index in [2.05, 4.69) is 31.4 Å². The highest BCUT2D eigenvalue weighted by Gasteiger charge is 2.13. The van der Waals surface area contributed by atoms with Crippen molar-refractivity contribution in [3.8, 4) is 17.3 Å². The number of nitrogens with one attached hydrogen (secondary N) is 1. The highest BCUT2D eigenvalue weighted by atomic mass is 79.9. The minimum Gasteiger partial charge on any atom is -0.277 e. The normalized spacial score (nSPS) is 11.0. The lowest BCUT2D eigenvalue weighted by Gasteiger charge is -2.00. The SMILES string of the molecule is N#CC(=NNc1ccc(Br)cc1)c1nc(-c2cccc([N+](=O)[O-])c2)cs1. The number of hydrogen-bond acceptors (Lipinski definition) is 7. The van der Waals surface area contributed by atoms with E-state index < -0.39 is 4.92 Å². The minimum absolute atomic E-state index is 0.0110. The Labute approximate surface area is 160 Å². The fourth-order valence-corrected chi connectivity index (χ4v) is 3.09. The van der Waals surface area contributed by atoms with E-state index in [1.165, 1.54) is 23.5 Å². The van der Waals surface area contributed by atoms with Crippen LogP contribution in [-0.4, -0.2) is 15.6 Å². The number of nitriles is 1. The summed E-state index contributed by atoms with van der Waals surface area (Å²) in [4.78, 5) is 14.8. The second-order valence-electron chi connectivity index (χ2n) is 5.04. The summed E-state index contributed by atoms with van der Waals surface area (Å²) in [5, 5.41) is 26.5. The molecule has 26 heavy (non-hydrogen) atoms. The number of aromatic nitrogens is 1. The summed E-state index contributed by atoms with van der Waals surface area (Å²) in [5.74, 6) is 0. The standard InChI is InChI=1S/C17H10BrN5O2S/c18-12-4-6-13(7-5-12)21-22-15(9-19)17-20-16(10-26-17)11-2-1-3-14(8-11)23(24)25/h1-8,10,21H. The predicted octanol–water partition coefficient (Wildman–Crippen LogP) is 4.82. The summed E-state index contributed by atoms with van der Waals surface area (Å²) in [5.41, 5.74) is 4.84. The van der Waals surface area contributed by atoms with Crippen LogP contribution < -0.4 is 5.43 Å². The molecule has 0 aliphatic carbocycles. The van der Waals surface area contributed by atoms with Crippen LogP contribution in [0.25, 0.3) is 11.3 Å². The highest BCUT2D eigenvalue weighted by Crippen LogP contribution is 2.25. The van der Waals surface area contributed by atoms with Crippen LogP contribution in [0.15, 0.2) is 63.5 Å². The summed E-state index contributed by atoms with van der Waals surface area (Å²) in [7, 11) is 0. The number of nitrogens with zero attached hydrogens (tertiary/aromatic N) is 4.